The molecule has 0 N–H and O–H groups in total. The van der Waals surface area contributed by atoms with Gasteiger partial charge in [0.1, 0.15) is 12.2 Å². The Morgan fingerprint density at radius 2 is 1.71 bits per heavy atom. The van der Waals surface area contributed by atoms with E-state index in [1.54, 1.807) is 32.6 Å². The number of aromatic nitrogens is 2. The van der Waals surface area contributed by atoms with E-state index in [2.05, 4.69) is 9.97 Å². The van der Waals surface area contributed by atoms with Gasteiger partial charge in [0.2, 0.25) is 5.95 Å². The van der Waals surface area contributed by atoms with Gasteiger partial charge in [-0.25, -0.2) is 9.97 Å². The van der Waals surface area contributed by atoms with Crippen molar-refractivity contribution in [2.75, 3.05) is 37.7 Å². The van der Waals surface area contributed by atoms with Crippen LogP contribution in [-0.2, 0) is 15.8 Å². The molecule has 1 aliphatic heterocycles. The Morgan fingerprint density at radius 3 is 2.14 bits per heavy atom. The monoisotopic (exact) mass is 407 g/mol. The molecule has 1 saturated heterocycles. The lowest BCUT2D eigenvalue weighted by Crippen LogP contribution is -2.65. The summed E-state index contributed by atoms with van der Waals surface area (Å²) in [6, 6.07) is 0. The van der Waals surface area contributed by atoms with E-state index < -0.39 is 28.4 Å². The van der Waals surface area contributed by atoms with E-state index in [1.807, 2.05) is 0 Å². The van der Waals surface area contributed by atoms with Crippen molar-refractivity contribution < 1.29 is 32.5 Å². The summed E-state index contributed by atoms with van der Waals surface area (Å²) < 4.78 is 43.0. The quantitative estimate of drug-likeness (QED) is 0.556. The summed E-state index contributed by atoms with van der Waals surface area (Å²) in [6.07, 6.45) is -4.18. The van der Waals surface area contributed by atoms with Crippen LogP contribution < -0.4 is 4.90 Å². The number of halogens is 3. The van der Waals surface area contributed by atoms with Gasteiger partial charge in [0.15, 0.2) is 0 Å². The molecule has 28 heavy (non-hydrogen) atoms. The minimum atomic E-state index is -4.51. The second kappa shape index (κ2) is 8.15. The molecule has 158 valence electrons. The van der Waals surface area contributed by atoms with Crippen LogP contribution >= 0.6 is 0 Å². The molecule has 0 spiro atoms. The van der Waals surface area contributed by atoms with Gasteiger partial charge in [-0.3, -0.25) is 0 Å². The highest BCUT2D eigenvalue weighted by Gasteiger charge is 2.44. The zero-order valence-corrected chi connectivity index (χ0v) is 16.2. The maximum atomic E-state index is 13.0. The number of amides is 1. The molecule has 0 aromatic carbocycles. The number of carbonyl (C=O) groups is 1. The smallest absolute Gasteiger partial charge is 0.567 e. The van der Waals surface area contributed by atoms with Crippen LogP contribution in [0.2, 0.25) is 0 Å². The summed E-state index contributed by atoms with van der Waals surface area (Å²) in [5, 5.41) is 14.3. The van der Waals surface area contributed by atoms with Crippen molar-refractivity contribution in [3.05, 3.63) is 23.2 Å². The van der Waals surface area contributed by atoms with E-state index in [1.165, 1.54) is 5.01 Å². The predicted octanol–water partition coefficient (Wildman–Crippen LogP) is 2.73. The number of quaternary nitrogens is 1. The van der Waals surface area contributed by atoms with Crippen molar-refractivity contribution in [2.24, 2.45) is 0 Å². The average molecular weight is 407 g/mol. The number of rotatable bonds is 4. The normalized spacial score (nSPS) is 18.6. The fourth-order valence-corrected chi connectivity index (χ4v) is 2.53. The minimum Gasteiger partial charge on any atom is -0.567 e. The van der Waals surface area contributed by atoms with Gasteiger partial charge < -0.3 is 14.8 Å². The third-order valence-corrected chi connectivity index (χ3v) is 3.81. The third-order valence-electron chi connectivity index (χ3n) is 3.81. The lowest BCUT2D eigenvalue weighted by atomic mass is 10.2. The Morgan fingerprint density at radius 1 is 1.18 bits per heavy atom. The highest BCUT2D eigenvalue weighted by molar-refractivity contribution is 5.59. The van der Waals surface area contributed by atoms with Crippen LogP contribution in [0.1, 0.15) is 33.3 Å². The molecule has 0 saturated carbocycles. The fourth-order valence-electron chi connectivity index (χ4n) is 2.53. The third kappa shape index (κ3) is 5.28. The molecule has 1 unspecified atom stereocenters. The molecule has 0 radical (unpaired) electrons. The van der Waals surface area contributed by atoms with Gasteiger partial charge in [0.25, 0.3) is 0 Å². The standard InChI is InChI=1S/C16H24F3N5O4/c1-5-27-24(26,14(25)28-15(2,3)4)23-8-6-22(7-9-23)13-20-10-12(11-21-13)16(17,18)19/h10-11H,5-9H2,1-4H3. The van der Waals surface area contributed by atoms with E-state index in [4.69, 9.17) is 9.57 Å². The summed E-state index contributed by atoms with van der Waals surface area (Å²) in [6.45, 7) is 7.16. The number of piperazine rings is 1. The Bertz CT molecular complexity index is 672. The van der Waals surface area contributed by atoms with Gasteiger partial charge in [0, 0.05) is 25.5 Å². The van der Waals surface area contributed by atoms with Gasteiger partial charge in [-0.1, -0.05) is 0 Å². The molecule has 1 aromatic heterocycles. The molecular formula is C16H24F3N5O4. The largest absolute Gasteiger partial charge is 0.572 e. The van der Waals surface area contributed by atoms with Gasteiger partial charge in [-0.05, 0) is 32.6 Å². The number of alkyl halides is 3. The molecule has 1 fully saturated rings. The van der Waals surface area contributed by atoms with Crippen LogP contribution in [0.4, 0.5) is 23.9 Å². The lowest BCUT2D eigenvalue weighted by Gasteiger charge is -2.45. The summed E-state index contributed by atoms with van der Waals surface area (Å²) in [4.78, 5) is 24.9. The Balaban J connectivity index is 2.07. The molecular weight excluding hydrogens is 383 g/mol. The molecule has 0 bridgehead atoms. The zero-order valence-electron chi connectivity index (χ0n) is 16.2. The first-order valence-corrected chi connectivity index (χ1v) is 8.74. The van der Waals surface area contributed by atoms with Gasteiger partial charge in [-0.2, -0.15) is 22.8 Å². The van der Waals surface area contributed by atoms with E-state index in [9.17, 15) is 23.2 Å². The molecule has 1 atom stereocenters. The molecule has 1 amide bonds. The fraction of sp³-hybridized carbons (Fsp3) is 0.688. The number of anilines is 1. The van der Waals surface area contributed by atoms with Crippen LogP contribution in [0.3, 0.4) is 0 Å². The van der Waals surface area contributed by atoms with Gasteiger partial charge in [-0.15, -0.1) is 5.01 Å². The van der Waals surface area contributed by atoms with Crippen molar-refractivity contribution in [1.29, 1.82) is 0 Å². The van der Waals surface area contributed by atoms with Crippen LogP contribution in [0.25, 0.3) is 0 Å². The van der Waals surface area contributed by atoms with E-state index in [0.717, 1.165) is 0 Å². The molecule has 9 nitrogen and oxygen atoms in total. The number of hydrogen-bond donors (Lipinski definition) is 0. The number of ether oxygens (including phenoxy) is 1. The topological polar surface area (TPSA) is 90.9 Å². The second-order valence-electron chi connectivity index (χ2n) is 7.13. The SMILES string of the molecule is CCO[N+]([O-])(C(=O)OC(C)(C)C)N1CCN(c2ncc(C(F)(F)F)cn2)CC1. The molecule has 1 aromatic rings. The van der Waals surface area contributed by atoms with E-state index in [-0.39, 0.29) is 38.7 Å². The van der Waals surface area contributed by atoms with Crippen LogP contribution in [0.5, 0.6) is 0 Å². The van der Waals surface area contributed by atoms with Gasteiger partial charge in [0.05, 0.1) is 18.7 Å². The Hall–Kier alpha value is -2.02. The van der Waals surface area contributed by atoms with Gasteiger partial charge >= 0.3 is 12.3 Å². The lowest BCUT2D eigenvalue weighted by molar-refractivity contribution is -1.10. The number of nitrogens with zero attached hydrogens (tertiary/aromatic N) is 5. The summed E-state index contributed by atoms with van der Waals surface area (Å²) in [5.41, 5.74) is -1.80. The van der Waals surface area contributed by atoms with Crippen molar-refractivity contribution in [3.63, 3.8) is 0 Å². The number of hydroxylamine groups is 2. The summed E-state index contributed by atoms with van der Waals surface area (Å²) >= 11 is 0. The first-order chi connectivity index (χ1) is 12.9. The highest BCUT2D eigenvalue weighted by Crippen LogP contribution is 2.28. The summed E-state index contributed by atoms with van der Waals surface area (Å²) in [7, 11) is 0. The maximum absolute atomic E-state index is 13.0. The molecule has 1 aliphatic rings. The minimum absolute atomic E-state index is 0.00896. The summed E-state index contributed by atoms with van der Waals surface area (Å²) in [5.74, 6) is 0.116. The van der Waals surface area contributed by atoms with Crippen LogP contribution in [-0.4, -0.2) is 64.4 Å². The maximum Gasteiger partial charge on any atom is 0.572 e. The first kappa shape index (κ1) is 22.3. The zero-order chi connectivity index (χ0) is 21.2. The van der Waals surface area contributed by atoms with Crippen molar-refractivity contribution in [3.8, 4) is 0 Å². The second-order valence-corrected chi connectivity index (χ2v) is 7.13. The van der Waals surface area contributed by atoms with Crippen molar-refractivity contribution in [2.45, 2.75) is 39.5 Å². The predicted molar refractivity (Wildman–Crippen MR) is 92.3 cm³/mol. The molecule has 0 aliphatic carbocycles. The van der Waals surface area contributed by atoms with Crippen LogP contribution in [0, 0.1) is 5.21 Å². The molecule has 2 heterocycles. The van der Waals surface area contributed by atoms with Crippen molar-refractivity contribution in [1.82, 2.24) is 15.0 Å². The Kier molecular flexibility index (Phi) is 6.48. The molecule has 2 rings (SSSR count). The van der Waals surface area contributed by atoms with E-state index in [0.29, 0.717) is 12.4 Å². The molecule has 12 heteroatoms. The van der Waals surface area contributed by atoms with Crippen LogP contribution in [0.15, 0.2) is 12.4 Å². The number of carbonyl (C=O) groups excluding carboxylic acids is 1. The Labute approximate surface area is 160 Å². The average Bonchev–Trinajstić information content (AvgIpc) is 2.60. The highest BCUT2D eigenvalue weighted by atomic mass is 19.4. The van der Waals surface area contributed by atoms with E-state index >= 15 is 0 Å². The first-order valence-electron chi connectivity index (χ1n) is 8.74. The van der Waals surface area contributed by atoms with Crippen molar-refractivity contribution >= 4 is 12.0 Å². The number of hydrogen-bond acceptors (Lipinski definition) is 8.